The van der Waals surface area contributed by atoms with Gasteiger partial charge >= 0.3 is 0 Å². The molecule has 0 atom stereocenters. The highest BCUT2D eigenvalue weighted by Crippen LogP contribution is 2.46. The van der Waals surface area contributed by atoms with Crippen LogP contribution in [0.15, 0.2) is 189 Å². The lowest BCUT2D eigenvalue weighted by Crippen LogP contribution is -2.10. The van der Waals surface area contributed by atoms with Gasteiger partial charge in [-0.25, -0.2) is 4.98 Å². The minimum absolute atomic E-state index is 0.589. The third-order valence-corrected chi connectivity index (χ3v) is 10.8. The molecule has 0 spiro atoms. The first-order valence-corrected chi connectivity index (χ1v) is 18.4. The molecule has 0 saturated carbocycles. The molecule has 0 fully saturated rings. The summed E-state index contributed by atoms with van der Waals surface area (Å²) in [7, 11) is 0. The summed E-state index contributed by atoms with van der Waals surface area (Å²) >= 11 is 0. The fourth-order valence-electron chi connectivity index (χ4n) is 8.32. The van der Waals surface area contributed by atoms with Crippen molar-refractivity contribution in [3.8, 4) is 17.1 Å². The average Bonchev–Trinajstić information content (AvgIpc) is 4.01. The quantitative estimate of drug-likeness (QED) is 0.178. The number of hydrogen-bond donors (Lipinski definition) is 0. The van der Waals surface area contributed by atoms with Crippen LogP contribution in [0.1, 0.15) is 0 Å². The van der Waals surface area contributed by atoms with E-state index in [9.17, 15) is 0 Å². The number of para-hydroxylation sites is 4. The van der Waals surface area contributed by atoms with Gasteiger partial charge in [0, 0.05) is 61.0 Å². The molecule has 12 aromatic rings. The molecular weight excluding hydrogens is 679 g/mol. The number of nitrogens with zero attached hydrogens (tertiary/aromatic N) is 3. The Kier molecular flexibility index (Phi) is 6.24. The van der Waals surface area contributed by atoms with Crippen LogP contribution in [0, 0.1) is 0 Å². The number of aromatic nitrogens is 2. The molecule has 0 unspecified atom stereocenters. The van der Waals surface area contributed by atoms with Crippen LogP contribution in [-0.2, 0) is 0 Å². The highest BCUT2D eigenvalue weighted by atomic mass is 16.4. The Morgan fingerprint density at radius 3 is 1.96 bits per heavy atom. The van der Waals surface area contributed by atoms with Gasteiger partial charge in [0.2, 0.25) is 5.89 Å². The van der Waals surface area contributed by atoms with Crippen LogP contribution in [-0.4, -0.2) is 9.55 Å². The molecule has 0 aliphatic rings. The van der Waals surface area contributed by atoms with Crippen LogP contribution >= 0.6 is 0 Å². The van der Waals surface area contributed by atoms with Crippen LogP contribution in [0.2, 0.25) is 0 Å². The van der Waals surface area contributed by atoms with Crippen LogP contribution in [0.3, 0.4) is 0 Å². The van der Waals surface area contributed by atoms with Gasteiger partial charge in [0.25, 0.3) is 0 Å². The van der Waals surface area contributed by atoms with Crippen LogP contribution in [0.5, 0.6) is 0 Å². The van der Waals surface area contributed by atoms with E-state index in [0.717, 1.165) is 94.1 Å². The molecule has 4 aromatic heterocycles. The third kappa shape index (κ3) is 4.52. The zero-order valence-electron chi connectivity index (χ0n) is 29.3. The number of anilines is 3. The maximum absolute atomic E-state index is 6.85. The summed E-state index contributed by atoms with van der Waals surface area (Å²) in [6.45, 7) is 0. The van der Waals surface area contributed by atoms with Gasteiger partial charge in [-0.1, -0.05) is 84.9 Å². The average molecular weight is 708 g/mol. The molecule has 0 radical (unpaired) electrons. The Labute approximate surface area is 313 Å². The normalized spacial score (nSPS) is 12.0. The van der Waals surface area contributed by atoms with E-state index in [0.29, 0.717) is 11.5 Å². The molecule has 12 rings (SSSR count). The van der Waals surface area contributed by atoms with Crippen LogP contribution in [0.4, 0.5) is 17.1 Å². The Morgan fingerprint density at radius 1 is 0.418 bits per heavy atom. The van der Waals surface area contributed by atoms with Gasteiger partial charge < -0.3 is 22.7 Å². The molecule has 0 saturated heterocycles. The van der Waals surface area contributed by atoms with E-state index >= 15 is 0 Å². The van der Waals surface area contributed by atoms with Crippen molar-refractivity contribution in [1.82, 2.24) is 9.55 Å². The standard InChI is InChI=1S/C49H29N3O3/c1-3-12-30(13-4-1)49-50-40-29-46-39(28-47(40)55-49)36-18-11-20-43(48(36)54-46)51(33-23-25-45-38(27-33)35-17-8-10-21-44(35)53-45)32-22-24-42-37(26-32)34-16-7-9-19-41(34)52(42)31-14-5-2-6-15-31/h1-29H. The Bertz CT molecular complexity index is 3440. The van der Waals surface area contributed by atoms with Gasteiger partial charge in [-0.3, -0.25) is 0 Å². The molecule has 4 heterocycles. The largest absolute Gasteiger partial charge is 0.456 e. The molecule has 0 bridgehead atoms. The summed E-state index contributed by atoms with van der Waals surface area (Å²) in [5.41, 5.74) is 12.0. The number of hydrogen-bond acceptors (Lipinski definition) is 5. The molecule has 6 nitrogen and oxygen atoms in total. The lowest BCUT2D eigenvalue weighted by atomic mass is 10.1. The highest BCUT2D eigenvalue weighted by Gasteiger charge is 2.23. The van der Waals surface area contributed by atoms with E-state index in [1.54, 1.807) is 0 Å². The molecule has 0 amide bonds. The molecular formula is C49H29N3O3. The minimum Gasteiger partial charge on any atom is -0.456 e. The van der Waals surface area contributed by atoms with E-state index < -0.39 is 0 Å². The number of furan rings is 2. The SMILES string of the molecule is c1ccc(-c2nc3cc4oc5c(N(c6ccc7oc8ccccc8c7c6)c6ccc7c(c6)c6ccccc6n7-c6ccccc6)cccc5c4cc3o2)cc1. The zero-order chi connectivity index (χ0) is 36.0. The van der Waals surface area contributed by atoms with Crippen molar-refractivity contribution in [2.45, 2.75) is 0 Å². The molecule has 8 aromatic carbocycles. The molecule has 258 valence electrons. The Balaban J connectivity index is 1.10. The van der Waals surface area contributed by atoms with Crippen LogP contribution < -0.4 is 4.90 Å². The molecule has 0 aliphatic heterocycles. The van der Waals surface area contributed by atoms with Gasteiger partial charge in [-0.05, 0) is 84.9 Å². The first kappa shape index (κ1) is 29.9. The Morgan fingerprint density at radius 2 is 1.09 bits per heavy atom. The van der Waals surface area contributed by atoms with E-state index in [2.05, 4.69) is 137 Å². The fourth-order valence-corrected chi connectivity index (χ4v) is 8.32. The number of fused-ring (bicyclic) bond motifs is 10. The van der Waals surface area contributed by atoms with Crippen molar-refractivity contribution in [3.63, 3.8) is 0 Å². The van der Waals surface area contributed by atoms with E-state index in [1.165, 1.54) is 5.39 Å². The van der Waals surface area contributed by atoms with Crippen molar-refractivity contribution in [2.75, 3.05) is 4.90 Å². The second-order valence-electron chi connectivity index (χ2n) is 14.0. The smallest absolute Gasteiger partial charge is 0.227 e. The summed E-state index contributed by atoms with van der Waals surface area (Å²) in [5.74, 6) is 0.589. The summed E-state index contributed by atoms with van der Waals surface area (Å²) in [4.78, 5) is 7.14. The molecule has 0 aliphatic carbocycles. The predicted molar refractivity (Wildman–Crippen MR) is 223 cm³/mol. The first-order valence-electron chi connectivity index (χ1n) is 18.4. The van der Waals surface area contributed by atoms with E-state index in [1.807, 2.05) is 48.5 Å². The van der Waals surface area contributed by atoms with Crippen LogP contribution in [0.25, 0.3) is 93.9 Å². The van der Waals surface area contributed by atoms with E-state index in [-0.39, 0.29) is 0 Å². The minimum atomic E-state index is 0.589. The highest BCUT2D eigenvalue weighted by molar-refractivity contribution is 6.15. The third-order valence-electron chi connectivity index (χ3n) is 10.8. The Hall–Kier alpha value is -7.57. The number of benzene rings is 8. The molecule has 6 heteroatoms. The predicted octanol–water partition coefficient (Wildman–Crippen LogP) is 13.9. The maximum Gasteiger partial charge on any atom is 0.227 e. The van der Waals surface area contributed by atoms with Gasteiger partial charge in [0.15, 0.2) is 11.2 Å². The van der Waals surface area contributed by atoms with Gasteiger partial charge in [-0.2, -0.15) is 0 Å². The number of rotatable bonds is 5. The summed E-state index contributed by atoms with van der Waals surface area (Å²) < 4.78 is 21.8. The number of oxazole rings is 1. The van der Waals surface area contributed by atoms with E-state index in [4.69, 9.17) is 18.2 Å². The fraction of sp³-hybridized carbons (Fsp3) is 0. The topological polar surface area (TPSA) is 60.5 Å². The van der Waals surface area contributed by atoms with Crippen molar-refractivity contribution < 1.29 is 13.3 Å². The summed E-state index contributed by atoms with van der Waals surface area (Å²) in [6, 6.07) is 60.9. The second-order valence-corrected chi connectivity index (χ2v) is 14.0. The monoisotopic (exact) mass is 707 g/mol. The van der Waals surface area contributed by atoms with Crippen molar-refractivity contribution >= 4 is 93.8 Å². The summed E-state index contributed by atoms with van der Waals surface area (Å²) in [5, 5.41) is 6.44. The van der Waals surface area contributed by atoms with Crippen molar-refractivity contribution in [1.29, 1.82) is 0 Å². The van der Waals surface area contributed by atoms with Gasteiger partial charge in [0.05, 0.1) is 16.7 Å². The summed E-state index contributed by atoms with van der Waals surface area (Å²) in [6.07, 6.45) is 0. The van der Waals surface area contributed by atoms with Gasteiger partial charge in [-0.15, -0.1) is 0 Å². The lowest BCUT2D eigenvalue weighted by Gasteiger charge is -2.26. The molecule has 55 heavy (non-hydrogen) atoms. The maximum atomic E-state index is 6.85. The second kappa shape index (κ2) is 11.5. The van der Waals surface area contributed by atoms with Gasteiger partial charge in [0.1, 0.15) is 22.3 Å². The van der Waals surface area contributed by atoms with Crippen molar-refractivity contribution in [3.05, 3.63) is 176 Å². The molecule has 0 N–H and O–H groups in total. The zero-order valence-corrected chi connectivity index (χ0v) is 29.3. The first-order chi connectivity index (χ1) is 27.2. The van der Waals surface area contributed by atoms with Crippen molar-refractivity contribution in [2.24, 2.45) is 0 Å². The lowest BCUT2D eigenvalue weighted by molar-refractivity contribution is 0.620.